The van der Waals surface area contributed by atoms with Crippen LogP contribution in [-0.4, -0.2) is 47.2 Å². The van der Waals surface area contributed by atoms with Crippen molar-refractivity contribution in [1.82, 2.24) is 15.1 Å². The monoisotopic (exact) mass is 487 g/mol. The number of carbonyl (C=O) groups is 2. The zero-order valence-electron chi connectivity index (χ0n) is 18.5. The summed E-state index contributed by atoms with van der Waals surface area (Å²) in [6, 6.07) is 16.2. The van der Waals surface area contributed by atoms with Gasteiger partial charge in [0.15, 0.2) is 0 Å². The topological polar surface area (TPSA) is 82.5 Å². The largest absolute Gasteiger partial charge is 0.497 e. The fourth-order valence-electron chi connectivity index (χ4n) is 3.23. The number of halogens is 1. The molecule has 2 aromatic carbocycles. The summed E-state index contributed by atoms with van der Waals surface area (Å²) in [6.07, 6.45) is 0.570. The number of carbonyl (C=O) groups excluding carboxylic acids is 2. The summed E-state index contributed by atoms with van der Waals surface area (Å²) in [4.78, 5) is 24.3. The number of amides is 1. The van der Waals surface area contributed by atoms with E-state index in [1.54, 1.807) is 14.0 Å². The lowest BCUT2D eigenvalue weighted by atomic mass is 10.1. The van der Waals surface area contributed by atoms with E-state index in [2.05, 4.69) is 17.9 Å². The van der Waals surface area contributed by atoms with Gasteiger partial charge < -0.3 is 14.8 Å². The Morgan fingerprint density at radius 1 is 1.15 bits per heavy atom. The highest BCUT2D eigenvalue weighted by Gasteiger charge is 2.21. The van der Waals surface area contributed by atoms with Gasteiger partial charge in [-0.2, -0.15) is 17.7 Å². The molecule has 33 heavy (non-hydrogen) atoms. The second kappa shape index (κ2) is 11.8. The molecule has 1 atom stereocenters. The number of hydrogen-bond acceptors (Lipinski definition) is 6. The van der Waals surface area contributed by atoms with Crippen molar-refractivity contribution in [3.63, 3.8) is 0 Å². The molecule has 174 valence electrons. The van der Waals surface area contributed by atoms with Gasteiger partial charge in [0, 0.05) is 29.2 Å². The van der Waals surface area contributed by atoms with Crippen LogP contribution in [0, 0.1) is 0 Å². The van der Waals surface area contributed by atoms with Crippen molar-refractivity contribution in [2.24, 2.45) is 0 Å². The van der Waals surface area contributed by atoms with Gasteiger partial charge in [-0.05, 0) is 49.4 Å². The van der Waals surface area contributed by atoms with Crippen LogP contribution in [0.2, 0.25) is 5.02 Å². The molecule has 0 radical (unpaired) electrons. The van der Waals surface area contributed by atoms with Gasteiger partial charge in [-0.1, -0.05) is 23.7 Å². The van der Waals surface area contributed by atoms with E-state index in [1.807, 2.05) is 59.3 Å². The first kappa shape index (κ1) is 24.7. The Bertz CT molecular complexity index is 1080. The lowest BCUT2D eigenvalue weighted by Gasteiger charge is -2.14. The smallest absolute Gasteiger partial charge is 0.329 e. The zero-order valence-corrected chi connectivity index (χ0v) is 20.1. The third-order valence-corrected chi connectivity index (χ3v) is 5.53. The predicted octanol–water partition coefficient (Wildman–Crippen LogP) is 4.11. The highest BCUT2D eigenvalue weighted by Crippen LogP contribution is 2.27. The molecule has 0 aliphatic carbocycles. The van der Waals surface area contributed by atoms with Crippen LogP contribution < -0.4 is 10.1 Å². The van der Waals surface area contributed by atoms with Crippen molar-refractivity contribution in [3.05, 3.63) is 65.3 Å². The Balaban J connectivity index is 1.80. The van der Waals surface area contributed by atoms with Crippen LogP contribution in [0.3, 0.4) is 0 Å². The van der Waals surface area contributed by atoms with E-state index in [0.717, 1.165) is 28.4 Å². The van der Waals surface area contributed by atoms with Crippen LogP contribution in [0.5, 0.6) is 5.75 Å². The molecule has 9 heteroatoms. The van der Waals surface area contributed by atoms with Crippen LogP contribution in [0.25, 0.3) is 16.9 Å². The molecule has 0 saturated heterocycles. The molecule has 0 aliphatic heterocycles. The average molecular weight is 488 g/mol. The summed E-state index contributed by atoms with van der Waals surface area (Å²) in [7, 11) is 1.62. The van der Waals surface area contributed by atoms with E-state index < -0.39 is 12.0 Å². The molecule has 0 aliphatic rings. The molecule has 3 aromatic rings. The summed E-state index contributed by atoms with van der Waals surface area (Å²) in [5, 5.41) is 8.04. The molecule has 0 saturated carbocycles. The minimum absolute atomic E-state index is 0.164. The lowest BCUT2D eigenvalue weighted by Crippen LogP contribution is -2.43. The third-order valence-electron chi connectivity index (χ3n) is 4.91. The summed E-state index contributed by atoms with van der Waals surface area (Å²) in [6.45, 7) is 1.96. The quantitative estimate of drug-likeness (QED) is 0.332. The Morgan fingerprint density at radius 2 is 1.85 bits per heavy atom. The average Bonchev–Trinajstić information content (AvgIpc) is 3.26. The van der Waals surface area contributed by atoms with E-state index in [0.29, 0.717) is 11.4 Å². The van der Waals surface area contributed by atoms with Crippen molar-refractivity contribution < 1.29 is 19.1 Å². The number of thiol groups is 1. The van der Waals surface area contributed by atoms with Gasteiger partial charge in [0.05, 0.1) is 30.8 Å². The fourth-order valence-corrected chi connectivity index (χ4v) is 3.60. The molecular weight excluding hydrogens is 462 g/mol. The number of aromatic nitrogens is 2. The maximum Gasteiger partial charge on any atom is 0.329 e. The highest BCUT2D eigenvalue weighted by molar-refractivity contribution is 7.80. The van der Waals surface area contributed by atoms with Gasteiger partial charge in [-0.15, -0.1) is 0 Å². The minimum Gasteiger partial charge on any atom is -0.497 e. The van der Waals surface area contributed by atoms with Crippen LogP contribution in [0.15, 0.2) is 54.6 Å². The summed E-state index contributed by atoms with van der Waals surface area (Å²) in [5.41, 5.74) is 3.40. The Hall–Kier alpha value is -2.97. The molecule has 0 spiro atoms. The first-order valence-electron chi connectivity index (χ1n) is 10.5. The van der Waals surface area contributed by atoms with E-state index in [-0.39, 0.29) is 24.7 Å². The predicted molar refractivity (Wildman–Crippen MR) is 131 cm³/mol. The molecule has 1 heterocycles. The number of rotatable bonds is 10. The molecule has 0 bridgehead atoms. The van der Waals surface area contributed by atoms with Crippen molar-refractivity contribution >= 4 is 36.1 Å². The molecule has 0 fully saturated rings. The Kier molecular flexibility index (Phi) is 8.79. The molecular formula is C24H26ClN3O4S. The van der Waals surface area contributed by atoms with Crippen LogP contribution >= 0.6 is 24.2 Å². The number of hydrogen-bond donors (Lipinski definition) is 2. The molecule has 3 rings (SSSR count). The van der Waals surface area contributed by atoms with Crippen molar-refractivity contribution in [3.8, 4) is 22.7 Å². The van der Waals surface area contributed by atoms with E-state index in [9.17, 15) is 9.59 Å². The Morgan fingerprint density at radius 3 is 2.45 bits per heavy atom. The van der Waals surface area contributed by atoms with Gasteiger partial charge in [-0.3, -0.25) is 4.79 Å². The number of aryl methyl sites for hydroxylation is 1. The summed E-state index contributed by atoms with van der Waals surface area (Å²) >= 11 is 10.2. The molecule has 0 unspecified atom stereocenters. The number of nitrogens with zero attached hydrogens (tertiary/aromatic N) is 2. The maximum atomic E-state index is 12.4. The highest BCUT2D eigenvalue weighted by atomic mass is 35.5. The maximum absolute atomic E-state index is 12.4. The summed E-state index contributed by atoms with van der Waals surface area (Å²) in [5.74, 6) is 0.150. The SMILES string of the molecule is CCOC(=O)[C@H](CS)NC(=O)CCc1cc(-c2ccc(Cl)cc2)n(-c2ccc(OC)cc2)n1. The lowest BCUT2D eigenvalue weighted by molar-refractivity contribution is -0.146. The van der Waals surface area contributed by atoms with Gasteiger partial charge in [0.1, 0.15) is 11.8 Å². The van der Waals surface area contributed by atoms with E-state index in [1.165, 1.54) is 0 Å². The minimum atomic E-state index is -0.776. The van der Waals surface area contributed by atoms with Crippen LogP contribution in [-0.2, 0) is 20.7 Å². The first-order chi connectivity index (χ1) is 15.9. The van der Waals surface area contributed by atoms with Gasteiger partial charge in [-0.25, -0.2) is 9.48 Å². The normalized spacial score (nSPS) is 11.6. The molecule has 1 N–H and O–H groups in total. The van der Waals surface area contributed by atoms with Crippen LogP contribution in [0.1, 0.15) is 19.0 Å². The fraction of sp³-hybridized carbons (Fsp3) is 0.292. The van der Waals surface area contributed by atoms with E-state index >= 15 is 0 Å². The first-order valence-corrected chi connectivity index (χ1v) is 11.5. The van der Waals surface area contributed by atoms with Crippen molar-refractivity contribution in [1.29, 1.82) is 0 Å². The summed E-state index contributed by atoms with van der Waals surface area (Å²) < 4.78 is 12.0. The van der Waals surface area contributed by atoms with Crippen molar-refractivity contribution in [2.45, 2.75) is 25.8 Å². The van der Waals surface area contributed by atoms with Gasteiger partial charge in [0.2, 0.25) is 5.91 Å². The second-order valence-electron chi connectivity index (χ2n) is 7.19. The standard InChI is InChI=1S/C24H26ClN3O4S/c1-3-32-24(30)21(15-33)26-23(29)13-8-18-14-22(16-4-6-17(25)7-5-16)28(27-18)19-9-11-20(31-2)12-10-19/h4-7,9-12,14,21,33H,3,8,13,15H2,1-2H3,(H,26,29)/t21-/m0/s1. The third kappa shape index (κ3) is 6.52. The zero-order chi connectivity index (χ0) is 23.8. The number of nitrogens with one attached hydrogen (secondary N) is 1. The molecule has 1 amide bonds. The van der Waals surface area contributed by atoms with Crippen molar-refractivity contribution in [2.75, 3.05) is 19.5 Å². The number of benzene rings is 2. The van der Waals surface area contributed by atoms with Crippen LogP contribution in [0.4, 0.5) is 0 Å². The molecule has 1 aromatic heterocycles. The van der Waals surface area contributed by atoms with Gasteiger partial charge >= 0.3 is 5.97 Å². The Labute approximate surface area is 203 Å². The number of methoxy groups -OCH3 is 1. The number of esters is 1. The second-order valence-corrected chi connectivity index (χ2v) is 7.99. The molecule has 7 nitrogen and oxygen atoms in total. The number of ether oxygens (including phenoxy) is 2. The van der Waals surface area contributed by atoms with Gasteiger partial charge in [0.25, 0.3) is 0 Å². The van der Waals surface area contributed by atoms with E-state index in [4.69, 9.17) is 26.2 Å².